The minimum absolute atomic E-state index is 0.0634. The highest BCUT2D eigenvalue weighted by atomic mass is 19.4. The van der Waals surface area contributed by atoms with Crippen molar-refractivity contribution in [1.29, 1.82) is 0 Å². The van der Waals surface area contributed by atoms with E-state index in [1.54, 1.807) is 17.9 Å². The quantitative estimate of drug-likeness (QED) is 0.919. The second kappa shape index (κ2) is 6.05. The third kappa shape index (κ3) is 3.75. The Bertz CT molecular complexity index is 500. The highest BCUT2D eigenvalue weighted by Gasteiger charge is 2.47. The van der Waals surface area contributed by atoms with Crippen molar-refractivity contribution < 1.29 is 18.0 Å². The maximum atomic E-state index is 12.9. The highest BCUT2D eigenvalue weighted by Crippen LogP contribution is 2.32. The molecule has 21 heavy (non-hydrogen) atoms. The van der Waals surface area contributed by atoms with Crippen LogP contribution in [0.5, 0.6) is 0 Å². The lowest BCUT2D eigenvalue weighted by atomic mass is 9.97. The second-order valence-electron chi connectivity index (χ2n) is 5.33. The van der Waals surface area contributed by atoms with E-state index < -0.39 is 18.1 Å². The summed E-state index contributed by atoms with van der Waals surface area (Å²) in [5.41, 5.74) is 0.947. The summed E-state index contributed by atoms with van der Waals surface area (Å²) < 4.78 is 40.5. The normalized spacial score (nSPS) is 23.4. The second-order valence-corrected chi connectivity index (χ2v) is 5.33. The molecule has 1 N–H and O–H groups in total. The van der Waals surface area contributed by atoms with Gasteiger partial charge in [-0.3, -0.25) is 9.48 Å². The van der Waals surface area contributed by atoms with Gasteiger partial charge in [-0.15, -0.1) is 0 Å². The number of amides is 1. The Hall–Kier alpha value is -1.57. The van der Waals surface area contributed by atoms with Gasteiger partial charge in [0.25, 0.3) is 0 Å². The number of halogens is 3. The number of piperidine rings is 1. The number of aryl methyl sites for hydroxylation is 1. The highest BCUT2D eigenvalue weighted by molar-refractivity contribution is 5.73. The maximum absolute atomic E-state index is 12.9. The number of alkyl halides is 3. The summed E-state index contributed by atoms with van der Waals surface area (Å²) in [5, 5.41) is 7.23. The number of hydrogen-bond donors (Lipinski definition) is 1. The van der Waals surface area contributed by atoms with E-state index in [-0.39, 0.29) is 19.0 Å². The standard InChI is InChI=1S/C13H19F3N4O/c1-9(21)20-8-10(3-4-12(20)13(14,15)16)17-7-11-5-6-18-19(11)2/h5-6,10,12,17H,3-4,7-8H2,1-2H3. The van der Waals surface area contributed by atoms with E-state index in [0.717, 1.165) is 10.6 Å². The summed E-state index contributed by atoms with van der Waals surface area (Å²) in [7, 11) is 1.81. The molecule has 0 bridgehead atoms. The molecule has 2 unspecified atom stereocenters. The summed E-state index contributed by atoms with van der Waals surface area (Å²) in [6.07, 6.45) is -2.37. The van der Waals surface area contributed by atoms with Crippen LogP contribution in [0.25, 0.3) is 0 Å². The van der Waals surface area contributed by atoms with Crippen molar-refractivity contribution >= 4 is 5.91 Å². The fourth-order valence-electron chi connectivity index (χ4n) is 2.65. The van der Waals surface area contributed by atoms with Gasteiger partial charge in [-0.2, -0.15) is 18.3 Å². The minimum atomic E-state index is -4.36. The van der Waals surface area contributed by atoms with Gasteiger partial charge in [0.1, 0.15) is 6.04 Å². The Labute approximate surface area is 121 Å². The lowest BCUT2D eigenvalue weighted by molar-refractivity contribution is -0.196. The number of nitrogens with one attached hydrogen (secondary N) is 1. The first-order valence-electron chi connectivity index (χ1n) is 6.83. The molecule has 1 aliphatic heterocycles. The summed E-state index contributed by atoms with van der Waals surface area (Å²) in [5.74, 6) is -0.538. The minimum Gasteiger partial charge on any atom is -0.329 e. The van der Waals surface area contributed by atoms with Crippen molar-refractivity contribution in [2.24, 2.45) is 7.05 Å². The molecular weight excluding hydrogens is 285 g/mol. The van der Waals surface area contributed by atoms with Crippen molar-refractivity contribution in [3.63, 3.8) is 0 Å². The van der Waals surface area contributed by atoms with Crippen LogP contribution < -0.4 is 5.32 Å². The number of carbonyl (C=O) groups excluding carboxylic acids is 1. The summed E-state index contributed by atoms with van der Waals surface area (Å²) in [6, 6.07) is 0.0454. The van der Waals surface area contributed by atoms with Crippen LogP contribution >= 0.6 is 0 Å². The van der Waals surface area contributed by atoms with Gasteiger partial charge in [-0.05, 0) is 18.9 Å². The van der Waals surface area contributed by atoms with Crippen LogP contribution in [0.1, 0.15) is 25.5 Å². The lowest BCUT2D eigenvalue weighted by Crippen LogP contribution is -2.57. The molecule has 2 heterocycles. The van der Waals surface area contributed by atoms with Gasteiger partial charge < -0.3 is 10.2 Å². The average Bonchev–Trinajstić information content (AvgIpc) is 2.80. The summed E-state index contributed by atoms with van der Waals surface area (Å²) in [6.45, 7) is 1.78. The fourth-order valence-corrected chi connectivity index (χ4v) is 2.65. The molecule has 5 nitrogen and oxygen atoms in total. The predicted octanol–water partition coefficient (Wildman–Crippen LogP) is 1.45. The van der Waals surface area contributed by atoms with E-state index in [9.17, 15) is 18.0 Å². The largest absolute Gasteiger partial charge is 0.408 e. The molecule has 0 spiro atoms. The van der Waals surface area contributed by atoms with Gasteiger partial charge in [0, 0.05) is 39.3 Å². The molecule has 1 aromatic heterocycles. The number of nitrogens with zero attached hydrogens (tertiary/aromatic N) is 3. The van der Waals surface area contributed by atoms with Gasteiger partial charge in [0.2, 0.25) is 5.91 Å². The van der Waals surface area contributed by atoms with Crippen LogP contribution in [0.2, 0.25) is 0 Å². The van der Waals surface area contributed by atoms with Gasteiger partial charge in [0.05, 0.1) is 5.69 Å². The smallest absolute Gasteiger partial charge is 0.329 e. The van der Waals surface area contributed by atoms with Gasteiger partial charge >= 0.3 is 6.18 Å². The Morgan fingerprint density at radius 2 is 2.19 bits per heavy atom. The molecule has 2 rings (SSSR count). The average molecular weight is 304 g/mol. The Morgan fingerprint density at radius 3 is 2.71 bits per heavy atom. The maximum Gasteiger partial charge on any atom is 0.408 e. The van der Waals surface area contributed by atoms with E-state index in [2.05, 4.69) is 10.4 Å². The van der Waals surface area contributed by atoms with Crippen molar-refractivity contribution in [3.8, 4) is 0 Å². The zero-order valence-corrected chi connectivity index (χ0v) is 12.0. The topological polar surface area (TPSA) is 50.2 Å². The molecule has 2 atom stereocenters. The van der Waals surface area contributed by atoms with Gasteiger partial charge in [0.15, 0.2) is 0 Å². The first-order chi connectivity index (χ1) is 9.79. The zero-order chi connectivity index (χ0) is 15.6. The van der Waals surface area contributed by atoms with E-state index in [1.165, 1.54) is 6.92 Å². The molecule has 1 saturated heterocycles. The van der Waals surface area contributed by atoms with Crippen molar-refractivity contribution in [2.45, 2.75) is 44.6 Å². The molecule has 1 fully saturated rings. The molecule has 0 aromatic carbocycles. The molecule has 0 radical (unpaired) electrons. The van der Waals surface area contributed by atoms with Crippen LogP contribution in [0.4, 0.5) is 13.2 Å². The molecule has 0 aliphatic carbocycles. The summed E-state index contributed by atoms with van der Waals surface area (Å²) >= 11 is 0. The number of likely N-dealkylation sites (tertiary alicyclic amines) is 1. The first-order valence-corrected chi connectivity index (χ1v) is 6.83. The van der Waals surface area contributed by atoms with Crippen LogP contribution in [0.3, 0.4) is 0 Å². The van der Waals surface area contributed by atoms with E-state index in [0.29, 0.717) is 13.0 Å². The summed E-state index contributed by atoms with van der Waals surface area (Å²) in [4.78, 5) is 12.4. The van der Waals surface area contributed by atoms with Gasteiger partial charge in [-0.25, -0.2) is 0 Å². The fraction of sp³-hybridized carbons (Fsp3) is 0.692. The molecule has 1 amide bonds. The van der Waals surface area contributed by atoms with E-state index in [1.807, 2.05) is 6.07 Å². The molecule has 118 valence electrons. The van der Waals surface area contributed by atoms with Crippen molar-refractivity contribution in [2.75, 3.05) is 6.54 Å². The zero-order valence-electron chi connectivity index (χ0n) is 12.0. The molecule has 8 heteroatoms. The lowest BCUT2D eigenvalue weighted by Gasteiger charge is -2.40. The van der Waals surface area contributed by atoms with Crippen molar-refractivity contribution in [3.05, 3.63) is 18.0 Å². The number of aromatic nitrogens is 2. The number of rotatable bonds is 3. The van der Waals surface area contributed by atoms with Crippen LogP contribution in [0, 0.1) is 0 Å². The van der Waals surface area contributed by atoms with E-state index >= 15 is 0 Å². The number of hydrogen-bond acceptors (Lipinski definition) is 3. The van der Waals surface area contributed by atoms with Gasteiger partial charge in [-0.1, -0.05) is 0 Å². The first kappa shape index (κ1) is 15.8. The molecule has 0 saturated carbocycles. The van der Waals surface area contributed by atoms with E-state index in [4.69, 9.17) is 0 Å². The third-order valence-electron chi connectivity index (χ3n) is 3.86. The third-order valence-corrected chi connectivity index (χ3v) is 3.86. The number of carbonyl (C=O) groups is 1. The Balaban J connectivity index is 1.96. The SMILES string of the molecule is CC(=O)N1CC(NCc2ccnn2C)CCC1C(F)(F)F. The Morgan fingerprint density at radius 1 is 1.48 bits per heavy atom. The molecule has 1 aliphatic rings. The predicted molar refractivity (Wildman–Crippen MR) is 70.3 cm³/mol. The molecule has 1 aromatic rings. The Kier molecular flexibility index (Phi) is 4.55. The van der Waals surface area contributed by atoms with Crippen LogP contribution in [-0.4, -0.2) is 45.4 Å². The van der Waals surface area contributed by atoms with Crippen LogP contribution in [0.15, 0.2) is 12.3 Å². The monoisotopic (exact) mass is 304 g/mol. The van der Waals surface area contributed by atoms with Crippen LogP contribution in [-0.2, 0) is 18.4 Å². The van der Waals surface area contributed by atoms with Crippen molar-refractivity contribution in [1.82, 2.24) is 20.0 Å². The molecular formula is C13H19F3N4O.